The fourth-order valence-corrected chi connectivity index (χ4v) is 5.07. The van der Waals surface area contributed by atoms with E-state index in [2.05, 4.69) is 25.9 Å². The van der Waals surface area contributed by atoms with Crippen molar-refractivity contribution in [1.82, 2.24) is 15.2 Å². The number of imide groups is 1. The van der Waals surface area contributed by atoms with Crippen molar-refractivity contribution in [2.75, 3.05) is 17.2 Å². The molecule has 1 aromatic heterocycles. The van der Waals surface area contributed by atoms with Gasteiger partial charge in [-0.3, -0.25) is 24.3 Å². The molecule has 240 valence electrons. The molecular formula is C32H40FN7O5. The Hall–Kier alpha value is -4.81. The zero-order valence-corrected chi connectivity index (χ0v) is 26.4. The predicted octanol–water partition coefficient (Wildman–Crippen LogP) is 4.84. The van der Waals surface area contributed by atoms with Crippen LogP contribution < -0.4 is 21.7 Å². The van der Waals surface area contributed by atoms with Gasteiger partial charge in [-0.05, 0) is 78.0 Å². The Morgan fingerprint density at radius 3 is 2.38 bits per heavy atom. The number of pyridine rings is 1. The molecule has 2 aliphatic heterocycles. The smallest absolute Gasteiger partial charge is 0.407 e. The number of fused-ring (bicyclic) bond motifs is 1. The third-order valence-corrected chi connectivity index (χ3v) is 7.63. The molecule has 5 N–H and O–H groups in total. The Labute approximate surface area is 261 Å². The summed E-state index contributed by atoms with van der Waals surface area (Å²) in [4.78, 5) is 60.4. The highest BCUT2D eigenvalue weighted by Gasteiger charge is 2.35. The van der Waals surface area contributed by atoms with Crippen molar-refractivity contribution in [3.05, 3.63) is 64.7 Å². The van der Waals surface area contributed by atoms with Gasteiger partial charge in [-0.1, -0.05) is 19.1 Å². The van der Waals surface area contributed by atoms with Crippen molar-refractivity contribution in [3.63, 3.8) is 0 Å². The number of carbonyl (C=O) groups excluding carboxylic acids is 4. The van der Waals surface area contributed by atoms with Gasteiger partial charge in [-0.25, -0.2) is 14.2 Å². The highest BCUT2D eigenvalue weighted by molar-refractivity contribution is 6.21. The minimum absolute atomic E-state index is 0.0529. The Morgan fingerprint density at radius 2 is 1.80 bits per heavy atom. The molecule has 0 bridgehead atoms. The number of carbonyl (C=O) groups is 4. The number of aromatic nitrogens is 1. The molecule has 0 saturated heterocycles. The number of nitrogens with one attached hydrogen (secondary N) is 3. The van der Waals surface area contributed by atoms with Crippen LogP contribution >= 0.6 is 0 Å². The summed E-state index contributed by atoms with van der Waals surface area (Å²) in [5.74, 6) is -2.43. The van der Waals surface area contributed by atoms with Crippen molar-refractivity contribution in [1.29, 1.82) is 0 Å². The first-order chi connectivity index (χ1) is 21.1. The van der Waals surface area contributed by atoms with Crippen LogP contribution in [-0.2, 0) is 4.74 Å². The Morgan fingerprint density at radius 1 is 1.16 bits per heavy atom. The lowest BCUT2D eigenvalue weighted by atomic mass is 9.99. The molecule has 0 aliphatic carbocycles. The SMILES string of the molecule is CC1=NC=C(Nc2nc(N[C@H](CCCN3C(=O)c4ccccc4C3=O)[C@H](C)NC(=O)OC(C)(C)C)c(F)cc2C(N)=O)CC1C. The number of ether oxygens (including phenoxy) is 1. The second kappa shape index (κ2) is 13.4. The second-order valence-corrected chi connectivity index (χ2v) is 12.4. The van der Waals surface area contributed by atoms with E-state index in [0.29, 0.717) is 36.1 Å². The summed E-state index contributed by atoms with van der Waals surface area (Å²) in [7, 11) is 0. The van der Waals surface area contributed by atoms with Crippen LogP contribution in [0.1, 0.15) is 91.9 Å². The zero-order chi connectivity index (χ0) is 33.1. The number of hydrogen-bond acceptors (Lipinski definition) is 9. The molecule has 1 unspecified atom stereocenters. The first kappa shape index (κ1) is 33.1. The maximum atomic E-state index is 15.4. The van der Waals surface area contributed by atoms with Gasteiger partial charge in [-0.15, -0.1) is 0 Å². The van der Waals surface area contributed by atoms with Gasteiger partial charge in [-0.2, -0.15) is 0 Å². The fraction of sp³-hybridized carbons (Fsp3) is 0.438. The van der Waals surface area contributed by atoms with Gasteiger partial charge in [0.25, 0.3) is 17.7 Å². The maximum Gasteiger partial charge on any atom is 0.407 e. The summed E-state index contributed by atoms with van der Waals surface area (Å²) >= 11 is 0. The lowest BCUT2D eigenvalue weighted by Crippen LogP contribution is -2.47. The Balaban J connectivity index is 1.56. The summed E-state index contributed by atoms with van der Waals surface area (Å²) in [6.07, 6.45) is 2.19. The van der Waals surface area contributed by atoms with Crippen molar-refractivity contribution in [3.8, 4) is 0 Å². The van der Waals surface area contributed by atoms with Gasteiger partial charge in [0.1, 0.15) is 11.4 Å². The number of nitrogens with zero attached hydrogens (tertiary/aromatic N) is 3. The van der Waals surface area contributed by atoms with E-state index in [1.54, 1.807) is 58.2 Å². The topological polar surface area (TPSA) is 168 Å². The van der Waals surface area contributed by atoms with Crippen LogP contribution in [-0.4, -0.2) is 63.6 Å². The average molecular weight is 622 g/mol. The normalized spacial score (nSPS) is 17.6. The molecule has 12 nitrogen and oxygen atoms in total. The van der Waals surface area contributed by atoms with Gasteiger partial charge in [0.05, 0.1) is 16.7 Å². The summed E-state index contributed by atoms with van der Waals surface area (Å²) in [5.41, 5.74) is 7.00. The number of benzene rings is 1. The molecule has 2 aromatic rings. The number of allylic oxidation sites excluding steroid dienone is 1. The zero-order valence-electron chi connectivity index (χ0n) is 26.4. The minimum atomic E-state index is -0.864. The summed E-state index contributed by atoms with van der Waals surface area (Å²) in [6.45, 7) is 11.0. The van der Waals surface area contributed by atoms with Crippen LogP contribution in [0.3, 0.4) is 0 Å². The number of primary amides is 1. The highest BCUT2D eigenvalue weighted by atomic mass is 19.1. The first-order valence-electron chi connectivity index (χ1n) is 14.9. The van der Waals surface area contributed by atoms with Crippen LogP contribution in [0, 0.1) is 11.7 Å². The molecule has 1 aromatic carbocycles. The number of aliphatic imine (C=N–C) groups is 1. The maximum absolute atomic E-state index is 15.4. The Kier molecular flexibility index (Phi) is 9.89. The molecule has 0 spiro atoms. The lowest BCUT2D eigenvalue weighted by Gasteiger charge is -2.29. The fourth-order valence-electron chi connectivity index (χ4n) is 5.07. The van der Waals surface area contributed by atoms with E-state index in [4.69, 9.17) is 10.5 Å². The minimum Gasteiger partial charge on any atom is -0.444 e. The molecule has 13 heteroatoms. The van der Waals surface area contributed by atoms with Crippen molar-refractivity contribution >= 4 is 41.2 Å². The number of alkyl carbamates (subject to hydrolysis) is 1. The number of nitrogens with two attached hydrogens (primary N) is 1. The largest absolute Gasteiger partial charge is 0.444 e. The quantitative estimate of drug-likeness (QED) is 0.258. The van der Waals surface area contributed by atoms with E-state index in [1.165, 1.54) is 4.90 Å². The molecule has 0 fully saturated rings. The molecule has 2 aliphatic rings. The summed E-state index contributed by atoms with van der Waals surface area (Å²) in [6, 6.07) is 6.37. The van der Waals surface area contributed by atoms with Crippen molar-refractivity contribution in [2.45, 2.75) is 78.5 Å². The number of halogens is 1. The average Bonchev–Trinajstić information content (AvgIpc) is 3.19. The van der Waals surface area contributed by atoms with Crippen LogP contribution in [0.5, 0.6) is 0 Å². The monoisotopic (exact) mass is 621 g/mol. The van der Waals surface area contributed by atoms with Crippen molar-refractivity contribution in [2.24, 2.45) is 16.6 Å². The number of anilines is 2. The molecule has 0 radical (unpaired) electrons. The van der Waals surface area contributed by atoms with Crippen molar-refractivity contribution < 1.29 is 28.3 Å². The van der Waals surface area contributed by atoms with Gasteiger partial charge < -0.3 is 26.4 Å². The standard InChI is InChI=1S/C32H40FN7O5/c1-17-14-20(16-35-18(17)2)37-27-23(26(34)41)15-24(33)28(39-27)38-25(19(3)36-31(44)45-32(4,5)6)12-9-13-40-29(42)21-10-7-8-11-22(21)30(40)43/h7-8,10-11,15-17,19,25H,9,12-14H2,1-6H3,(H2,34,41)(H,36,44)(H2,37,38,39)/t17?,19-,25+/m0/s1. The number of hydrogen-bond donors (Lipinski definition) is 4. The van der Waals surface area contributed by atoms with Crippen LogP contribution in [0.25, 0.3) is 0 Å². The van der Waals surface area contributed by atoms with Gasteiger partial charge in [0.2, 0.25) is 0 Å². The van der Waals surface area contributed by atoms with E-state index in [-0.39, 0.29) is 41.5 Å². The predicted molar refractivity (Wildman–Crippen MR) is 169 cm³/mol. The summed E-state index contributed by atoms with van der Waals surface area (Å²) < 4.78 is 20.8. The van der Waals surface area contributed by atoms with Crippen LogP contribution in [0.4, 0.5) is 20.8 Å². The van der Waals surface area contributed by atoms with Crippen LogP contribution in [0.15, 0.2) is 47.2 Å². The molecule has 45 heavy (non-hydrogen) atoms. The molecule has 3 atom stereocenters. The number of amides is 4. The van der Waals surface area contributed by atoms with Gasteiger partial charge in [0, 0.05) is 36.2 Å². The summed E-state index contributed by atoms with van der Waals surface area (Å²) in [5, 5.41) is 8.90. The third-order valence-electron chi connectivity index (χ3n) is 7.63. The van der Waals surface area contributed by atoms with E-state index in [0.717, 1.165) is 11.8 Å². The first-order valence-corrected chi connectivity index (χ1v) is 14.9. The Bertz CT molecular complexity index is 1530. The molecule has 3 heterocycles. The molecule has 0 saturated carbocycles. The second-order valence-electron chi connectivity index (χ2n) is 12.4. The van der Waals surface area contributed by atoms with Crippen LogP contribution in [0.2, 0.25) is 0 Å². The van der Waals surface area contributed by atoms with E-state index >= 15 is 4.39 Å². The molecule has 4 rings (SSSR count). The highest BCUT2D eigenvalue weighted by Crippen LogP contribution is 2.27. The van der Waals surface area contributed by atoms with E-state index in [1.807, 2.05) is 13.8 Å². The molecule has 4 amide bonds. The molecular weight excluding hydrogens is 581 g/mol. The number of rotatable bonds is 11. The lowest BCUT2D eigenvalue weighted by molar-refractivity contribution is 0.0502. The van der Waals surface area contributed by atoms with E-state index in [9.17, 15) is 19.2 Å². The van der Waals surface area contributed by atoms with E-state index < -0.39 is 35.5 Å². The van der Waals surface area contributed by atoms with Gasteiger partial charge >= 0.3 is 6.09 Å². The van der Waals surface area contributed by atoms with Gasteiger partial charge in [0.15, 0.2) is 11.6 Å². The third kappa shape index (κ3) is 8.02.